The highest BCUT2D eigenvalue weighted by molar-refractivity contribution is 5.46. The van der Waals surface area contributed by atoms with E-state index in [1.165, 1.54) is 0 Å². The van der Waals surface area contributed by atoms with E-state index in [0.717, 1.165) is 17.3 Å². The lowest BCUT2D eigenvalue weighted by Gasteiger charge is -2.23. The molecule has 1 N–H and O–H groups in total. The number of aromatic nitrogens is 3. The first-order chi connectivity index (χ1) is 9.63. The van der Waals surface area contributed by atoms with Gasteiger partial charge >= 0.3 is 0 Å². The Morgan fingerprint density at radius 1 is 1.20 bits per heavy atom. The Labute approximate surface area is 119 Å². The minimum absolute atomic E-state index is 0.115. The van der Waals surface area contributed by atoms with Crippen molar-refractivity contribution < 1.29 is 5.11 Å². The number of para-hydroxylation sites is 1. The number of anilines is 1. The highest BCUT2D eigenvalue weighted by Crippen LogP contribution is 2.17. The Kier molecular flexibility index (Phi) is 4.74. The van der Waals surface area contributed by atoms with Crippen molar-refractivity contribution in [2.45, 2.75) is 26.3 Å². The summed E-state index contributed by atoms with van der Waals surface area (Å²) >= 11 is 0. The normalized spacial score (nSPS) is 11.1. The lowest BCUT2D eigenvalue weighted by atomic mass is 10.2. The molecule has 20 heavy (non-hydrogen) atoms. The van der Waals surface area contributed by atoms with Crippen LogP contribution in [0.5, 0.6) is 0 Å². The topological polar surface area (TPSA) is 54.2 Å². The summed E-state index contributed by atoms with van der Waals surface area (Å²) < 4.78 is 2.04. The predicted molar refractivity (Wildman–Crippen MR) is 79.7 cm³/mol. The van der Waals surface area contributed by atoms with Gasteiger partial charge in [0.15, 0.2) is 5.82 Å². The SMILES string of the molecule is CC(C)c1nnc(CN(CCO)c2ccccc2)n1C. The molecule has 0 saturated heterocycles. The first kappa shape index (κ1) is 14.5. The van der Waals surface area contributed by atoms with E-state index in [9.17, 15) is 5.11 Å². The standard InChI is InChI=1S/C15H22N4O/c1-12(2)15-17-16-14(18(15)3)11-19(9-10-20)13-7-5-4-6-8-13/h4-8,12,20H,9-11H2,1-3H3. The Bertz CT molecular complexity index is 536. The van der Waals surface area contributed by atoms with Gasteiger partial charge < -0.3 is 14.6 Å². The zero-order chi connectivity index (χ0) is 14.5. The summed E-state index contributed by atoms with van der Waals surface area (Å²) in [6.07, 6.45) is 0. The van der Waals surface area contributed by atoms with Crippen molar-refractivity contribution >= 4 is 5.69 Å². The monoisotopic (exact) mass is 274 g/mol. The molecule has 0 spiro atoms. The van der Waals surface area contributed by atoms with Gasteiger partial charge in [-0.15, -0.1) is 10.2 Å². The van der Waals surface area contributed by atoms with Crippen LogP contribution in [0.2, 0.25) is 0 Å². The Hall–Kier alpha value is -1.88. The fourth-order valence-corrected chi connectivity index (χ4v) is 2.25. The Balaban J connectivity index is 2.21. The minimum Gasteiger partial charge on any atom is -0.395 e. The lowest BCUT2D eigenvalue weighted by molar-refractivity contribution is 0.301. The van der Waals surface area contributed by atoms with E-state index >= 15 is 0 Å². The molecule has 0 fully saturated rings. The number of aliphatic hydroxyl groups excluding tert-OH is 1. The third-order valence-electron chi connectivity index (χ3n) is 3.34. The van der Waals surface area contributed by atoms with Crippen molar-refractivity contribution in [3.8, 4) is 0 Å². The van der Waals surface area contributed by atoms with Crippen molar-refractivity contribution in [3.63, 3.8) is 0 Å². The highest BCUT2D eigenvalue weighted by Gasteiger charge is 2.15. The van der Waals surface area contributed by atoms with E-state index in [2.05, 4.69) is 28.9 Å². The van der Waals surface area contributed by atoms with Crippen LogP contribution >= 0.6 is 0 Å². The van der Waals surface area contributed by atoms with Crippen molar-refractivity contribution in [1.29, 1.82) is 0 Å². The van der Waals surface area contributed by atoms with Crippen LogP contribution in [0.15, 0.2) is 30.3 Å². The second kappa shape index (κ2) is 6.52. The van der Waals surface area contributed by atoms with Crippen molar-refractivity contribution in [3.05, 3.63) is 42.0 Å². The Morgan fingerprint density at radius 2 is 1.90 bits per heavy atom. The number of hydrogen-bond donors (Lipinski definition) is 1. The maximum Gasteiger partial charge on any atom is 0.152 e. The molecule has 0 aliphatic heterocycles. The van der Waals surface area contributed by atoms with Crippen molar-refractivity contribution in [1.82, 2.24) is 14.8 Å². The maximum absolute atomic E-state index is 9.25. The van der Waals surface area contributed by atoms with Crippen LogP contribution in [0.3, 0.4) is 0 Å². The Morgan fingerprint density at radius 3 is 2.45 bits per heavy atom. The molecule has 0 bridgehead atoms. The number of rotatable bonds is 6. The molecule has 1 aromatic heterocycles. The third kappa shape index (κ3) is 3.17. The van der Waals surface area contributed by atoms with Gasteiger partial charge in [-0.2, -0.15) is 0 Å². The third-order valence-corrected chi connectivity index (χ3v) is 3.34. The summed E-state index contributed by atoms with van der Waals surface area (Å²) in [6.45, 7) is 5.55. The van der Waals surface area contributed by atoms with Crippen LogP contribution in [0.4, 0.5) is 5.69 Å². The molecule has 0 atom stereocenters. The van der Waals surface area contributed by atoms with E-state index in [1.807, 2.05) is 41.9 Å². The van der Waals surface area contributed by atoms with Gasteiger partial charge in [0.2, 0.25) is 0 Å². The zero-order valence-corrected chi connectivity index (χ0v) is 12.3. The molecule has 108 valence electrons. The first-order valence-corrected chi connectivity index (χ1v) is 6.92. The molecule has 0 aliphatic carbocycles. The molecule has 0 radical (unpaired) electrons. The van der Waals surface area contributed by atoms with Crippen LogP contribution in [-0.4, -0.2) is 33.0 Å². The molecular formula is C15H22N4O. The van der Waals surface area contributed by atoms with Crippen LogP contribution < -0.4 is 4.90 Å². The summed E-state index contributed by atoms with van der Waals surface area (Å²) in [7, 11) is 1.99. The molecule has 5 heteroatoms. The number of benzene rings is 1. The van der Waals surface area contributed by atoms with E-state index in [-0.39, 0.29) is 6.61 Å². The summed E-state index contributed by atoms with van der Waals surface area (Å²) in [5.74, 6) is 2.24. The number of aliphatic hydroxyl groups is 1. The average Bonchev–Trinajstić information content (AvgIpc) is 2.81. The predicted octanol–water partition coefficient (Wildman–Crippen LogP) is 1.94. The molecule has 0 unspecified atom stereocenters. The van der Waals surface area contributed by atoms with E-state index < -0.39 is 0 Å². The molecule has 1 aromatic carbocycles. The maximum atomic E-state index is 9.25. The number of nitrogens with zero attached hydrogens (tertiary/aromatic N) is 4. The minimum atomic E-state index is 0.115. The molecule has 1 heterocycles. The van der Waals surface area contributed by atoms with Gasteiger partial charge in [-0.1, -0.05) is 32.0 Å². The van der Waals surface area contributed by atoms with Gasteiger partial charge in [-0.25, -0.2) is 0 Å². The summed E-state index contributed by atoms with van der Waals surface area (Å²) in [4.78, 5) is 2.11. The first-order valence-electron chi connectivity index (χ1n) is 6.92. The van der Waals surface area contributed by atoms with Crippen LogP contribution in [0.25, 0.3) is 0 Å². The quantitative estimate of drug-likeness (QED) is 0.874. The van der Waals surface area contributed by atoms with Crippen LogP contribution in [0.1, 0.15) is 31.4 Å². The summed E-state index contributed by atoms with van der Waals surface area (Å²) in [5, 5.41) is 17.8. The molecule has 5 nitrogen and oxygen atoms in total. The van der Waals surface area contributed by atoms with E-state index in [4.69, 9.17) is 0 Å². The van der Waals surface area contributed by atoms with Crippen molar-refractivity contribution in [2.24, 2.45) is 7.05 Å². The molecular weight excluding hydrogens is 252 g/mol. The molecule has 0 amide bonds. The van der Waals surface area contributed by atoms with Crippen molar-refractivity contribution in [2.75, 3.05) is 18.1 Å². The van der Waals surface area contributed by atoms with Gasteiger partial charge in [-0.3, -0.25) is 0 Å². The van der Waals surface area contributed by atoms with Crippen LogP contribution in [0, 0.1) is 0 Å². The summed E-state index contributed by atoms with van der Waals surface area (Å²) in [5.41, 5.74) is 1.08. The van der Waals surface area contributed by atoms with Gasteiger partial charge in [0.05, 0.1) is 13.2 Å². The molecule has 2 rings (SSSR count). The number of hydrogen-bond acceptors (Lipinski definition) is 4. The second-order valence-electron chi connectivity index (χ2n) is 5.17. The smallest absolute Gasteiger partial charge is 0.152 e. The van der Waals surface area contributed by atoms with Crippen LogP contribution in [-0.2, 0) is 13.6 Å². The zero-order valence-electron chi connectivity index (χ0n) is 12.3. The van der Waals surface area contributed by atoms with E-state index in [0.29, 0.717) is 19.0 Å². The van der Waals surface area contributed by atoms with E-state index in [1.54, 1.807) is 0 Å². The summed E-state index contributed by atoms with van der Waals surface area (Å²) in [6, 6.07) is 10.1. The fourth-order valence-electron chi connectivity index (χ4n) is 2.25. The van der Waals surface area contributed by atoms with Gasteiger partial charge in [0.1, 0.15) is 5.82 Å². The fraction of sp³-hybridized carbons (Fsp3) is 0.467. The largest absolute Gasteiger partial charge is 0.395 e. The van der Waals surface area contributed by atoms with Gasteiger partial charge in [0, 0.05) is 25.2 Å². The molecule has 0 aliphatic rings. The highest BCUT2D eigenvalue weighted by atomic mass is 16.3. The average molecular weight is 274 g/mol. The lowest BCUT2D eigenvalue weighted by Crippen LogP contribution is -2.27. The van der Waals surface area contributed by atoms with Gasteiger partial charge in [0.25, 0.3) is 0 Å². The molecule has 2 aromatic rings. The van der Waals surface area contributed by atoms with Gasteiger partial charge in [-0.05, 0) is 12.1 Å². The molecule has 0 saturated carbocycles. The second-order valence-corrected chi connectivity index (χ2v) is 5.17.